The van der Waals surface area contributed by atoms with Crippen LogP contribution in [-0.2, 0) is 17.6 Å². The highest BCUT2D eigenvalue weighted by Gasteiger charge is 2.28. The molecule has 0 saturated heterocycles. The van der Waals surface area contributed by atoms with Gasteiger partial charge in [-0.05, 0) is 57.4 Å². The van der Waals surface area contributed by atoms with Gasteiger partial charge in [0.2, 0.25) is 0 Å². The Kier molecular flexibility index (Phi) is 3.49. The molecule has 0 fully saturated rings. The number of carbonyl (C=O) groups excluding carboxylic acids is 1. The number of carbonyl (C=O) groups is 1. The van der Waals surface area contributed by atoms with E-state index >= 15 is 0 Å². The Bertz CT molecular complexity index is 674. The van der Waals surface area contributed by atoms with Crippen molar-refractivity contribution in [2.45, 2.75) is 39.2 Å². The lowest BCUT2D eigenvalue weighted by Crippen LogP contribution is -2.14. The Morgan fingerprint density at radius 3 is 2.67 bits per heavy atom. The summed E-state index contributed by atoms with van der Waals surface area (Å²) in [6.07, 6.45) is 2.52. The summed E-state index contributed by atoms with van der Waals surface area (Å²) in [6.45, 7) is 3.63. The second-order valence-corrected chi connectivity index (χ2v) is 5.47. The quantitative estimate of drug-likeness (QED) is 0.815. The molecule has 0 atom stereocenters. The molecule has 4 nitrogen and oxygen atoms in total. The molecular weight excluding hydrogens is 271 g/mol. The topological polar surface area (TPSA) is 44.1 Å². The van der Waals surface area contributed by atoms with E-state index in [1.807, 2.05) is 13.8 Å². The first-order valence-corrected chi connectivity index (χ1v) is 7.14. The molecule has 110 valence electrons. The average Bonchev–Trinajstić information content (AvgIpc) is 3.00. The van der Waals surface area contributed by atoms with Gasteiger partial charge in [-0.3, -0.25) is 0 Å². The summed E-state index contributed by atoms with van der Waals surface area (Å²) < 4.78 is 20.0. The highest BCUT2D eigenvalue weighted by Crippen LogP contribution is 2.28. The Morgan fingerprint density at radius 1 is 1.29 bits per heavy atom. The van der Waals surface area contributed by atoms with E-state index in [4.69, 9.17) is 4.74 Å². The summed E-state index contributed by atoms with van der Waals surface area (Å²) in [6, 6.07) is 6.12. The minimum Gasteiger partial charge on any atom is -0.458 e. The largest absolute Gasteiger partial charge is 0.458 e. The second kappa shape index (κ2) is 5.31. The summed E-state index contributed by atoms with van der Waals surface area (Å²) >= 11 is 0. The van der Waals surface area contributed by atoms with E-state index in [1.165, 1.54) is 12.1 Å². The number of hydrogen-bond acceptors (Lipinski definition) is 3. The molecule has 1 aliphatic carbocycles. The second-order valence-electron chi connectivity index (χ2n) is 5.47. The molecule has 0 aliphatic heterocycles. The van der Waals surface area contributed by atoms with Gasteiger partial charge in [0.05, 0.1) is 11.8 Å². The van der Waals surface area contributed by atoms with Crippen LogP contribution < -0.4 is 0 Å². The van der Waals surface area contributed by atoms with Crippen molar-refractivity contribution in [3.05, 3.63) is 47.0 Å². The molecule has 0 saturated carbocycles. The van der Waals surface area contributed by atoms with E-state index < -0.39 is 0 Å². The minimum absolute atomic E-state index is 0.175. The molecule has 1 aromatic carbocycles. The smallest absolute Gasteiger partial charge is 0.359 e. The van der Waals surface area contributed by atoms with Crippen LogP contribution in [0.3, 0.4) is 0 Å². The van der Waals surface area contributed by atoms with E-state index in [1.54, 1.807) is 16.8 Å². The van der Waals surface area contributed by atoms with Gasteiger partial charge < -0.3 is 4.74 Å². The van der Waals surface area contributed by atoms with Crippen molar-refractivity contribution in [1.29, 1.82) is 0 Å². The molecule has 3 rings (SSSR count). The number of hydrogen-bond donors (Lipinski definition) is 0. The van der Waals surface area contributed by atoms with Crippen LogP contribution in [0.1, 0.15) is 42.0 Å². The SMILES string of the molecule is CC(C)OC(=O)c1nn(-c2ccc(F)cc2)c2c1CCC2. The van der Waals surface area contributed by atoms with E-state index in [0.717, 1.165) is 36.2 Å². The summed E-state index contributed by atoms with van der Waals surface area (Å²) in [5.74, 6) is -0.675. The number of fused-ring (bicyclic) bond motifs is 1. The number of ether oxygens (including phenoxy) is 1. The summed E-state index contributed by atoms with van der Waals surface area (Å²) in [4.78, 5) is 12.2. The number of halogens is 1. The van der Waals surface area contributed by atoms with Crippen LogP contribution in [-0.4, -0.2) is 21.9 Å². The molecule has 21 heavy (non-hydrogen) atoms. The van der Waals surface area contributed by atoms with Gasteiger partial charge in [0.1, 0.15) is 5.82 Å². The number of esters is 1. The first-order chi connectivity index (χ1) is 10.1. The summed E-state index contributed by atoms with van der Waals surface area (Å²) in [7, 11) is 0. The molecule has 0 amide bonds. The van der Waals surface area contributed by atoms with Crippen LogP contribution in [0, 0.1) is 5.82 Å². The fourth-order valence-electron chi connectivity index (χ4n) is 2.67. The number of rotatable bonds is 3. The van der Waals surface area contributed by atoms with Crippen molar-refractivity contribution >= 4 is 5.97 Å². The molecule has 0 unspecified atom stereocenters. The van der Waals surface area contributed by atoms with Gasteiger partial charge in [0, 0.05) is 11.3 Å². The van der Waals surface area contributed by atoms with Crippen molar-refractivity contribution in [3.8, 4) is 5.69 Å². The lowest BCUT2D eigenvalue weighted by Gasteiger charge is -2.07. The molecular formula is C16H17FN2O2. The van der Waals surface area contributed by atoms with Gasteiger partial charge >= 0.3 is 5.97 Å². The zero-order valence-corrected chi connectivity index (χ0v) is 12.1. The van der Waals surface area contributed by atoms with Crippen molar-refractivity contribution in [1.82, 2.24) is 9.78 Å². The monoisotopic (exact) mass is 288 g/mol. The number of nitrogens with zero attached hydrogens (tertiary/aromatic N) is 2. The minimum atomic E-state index is -0.385. The third-order valence-corrected chi connectivity index (χ3v) is 3.54. The van der Waals surface area contributed by atoms with Gasteiger partial charge in [-0.15, -0.1) is 0 Å². The normalized spacial score (nSPS) is 13.5. The lowest BCUT2D eigenvalue weighted by atomic mass is 10.2. The number of aromatic nitrogens is 2. The standard InChI is InChI=1S/C16H17FN2O2/c1-10(2)21-16(20)15-13-4-3-5-14(13)19(18-15)12-8-6-11(17)7-9-12/h6-10H,3-5H2,1-2H3. The fraction of sp³-hybridized carbons (Fsp3) is 0.375. The van der Waals surface area contributed by atoms with Gasteiger partial charge in [-0.25, -0.2) is 13.9 Å². The number of benzene rings is 1. The predicted octanol–water partition coefficient (Wildman–Crippen LogP) is 3.07. The molecule has 1 aromatic heterocycles. The Labute approximate surface area is 122 Å². The first kappa shape index (κ1) is 13.8. The molecule has 1 aliphatic rings. The molecule has 0 bridgehead atoms. The fourth-order valence-corrected chi connectivity index (χ4v) is 2.67. The van der Waals surface area contributed by atoms with Crippen LogP contribution in [0.4, 0.5) is 4.39 Å². The Balaban J connectivity index is 2.03. The summed E-state index contributed by atoms with van der Waals surface area (Å²) in [5.41, 5.74) is 3.14. The summed E-state index contributed by atoms with van der Waals surface area (Å²) in [5, 5.41) is 4.40. The van der Waals surface area contributed by atoms with Crippen molar-refractivity contribution < 1.29 is 13.9 Å². The van der Waals surface area contributed by atoms with E-state index in [2.05, 4.69) is 5.10 Å². The average molecular weight is 288 g/mol. The van der Waals surface area contributed by atoms with E-state index in [0.29, 0.717) is 5.69 Å². The third kappa shape index (κ3) is 2.55. The highest BCUT2D eigenvalue weighted by atomic mass is 19.1. The van der Waals surface area contributed by atoms with Crippen molar-refractivity contribution in [2.75, 3.05) is 0 Å². The van der Waals surface area contributed by atoms with E-state index in [9.17, 15) is 9.18 Å². The molecule has 0 radical (unpaired) electrons. The third-order valence-electron chi connectivity index (χ3n) is 3.54. The molecule has 2 aromatic rings. The molecule has 5 heteroatoms. The Hall–Kier alpha value is -2.17. The van der Waals surface area contributed by atoms with Crippen LogP contribution in [0.25, 0.3) is 5.69 Å². The molecule has 0 N–H and O–H groups in total. The van der Waals surface area contributed by atoms with Crippen molar-refractivity contribution in [2.24, 2.45) is 0 Å². The maximum absolute atomic E-state index is 13.0. The predicted molar refractivity (Wildman–Crippen MR) is 76.1 cm³/mol. The molecule has 0 spiro atoms. The molecule has 1 heterocycles. The van der Waals surface area contributed by atoms with Crippen LogP contribution in [0.5, 0.6) is 0 Å². The van der Waals surface area contributed by atoms with Gasteiger partial charge in [-0.2, -0.15) is 5.10 Å². The van der Waals surface area contributed by atoms with Gasteiger partial charge in [0.25, 0.3) is 0 Å². The van der Waals surface area contributed by atoms with Gasteiger partial charge in [0.15, 0.2) is 5.69 Å². The zero-order chi connectivity index (χ0) is 15.0. The highest BCUT2D eigenvalue weighted by molar-refractivity contribution is 5.89. The van der Waals surface area contributed by atoms with Gasteiger partial charge in [-0.1, -0.05) is 0 Å². The zero-order valence-electron chi connectivity index (χ0n) is 12.1. The van der Waals surface area contributed by atoms with E-state index in [-0.39, 0.29) is 17.9 Å². The Morgan fingerprint density at radius 2 is 2.00 bits per heavy atom. The van der Waals surface area contributed by atoms with Crippen LogP contribution >= 0.6 is 0 Å². The maximum atomic E-state index is 13.0. The van der Waals surface area contributed by atoms with Crippen LogP contribution in [0.15, 0.2) is 24.3 Å². The first-order valence-electron chi connectivity index (χ1n) is 7.14. The van der Waals surface area contributed by atoms with Crippen molar-refractivity contribution in [3.63, 3.8) is 0 Å². The lowest BCUT2D eigenvalue weighted by molar-refractivity contribution is 0.0369. The van der Waals surface area contributed by atoms with Crippen LogP contribution in [0.2, 0.25) is 0 Å². The maximum Gasteiger partial charge on any atom is 0.359 e.